The number of hydrogen-bond acceptors (Lipinski definition) is 1. The van der Waals surface area contributed by atoms with Crippen LogP contribution in [0.2, 0.25) is 5.02 Å². The fourth-order valence-corrected chi connectivity index (χ4v) is 1.56. The second-order valence-electron chi connectivity index (χ2n) is 3.15. The molecule has 0 bridgehead atoms. The zero-order valence-corrected chi connectivity index (χ0v) is 8.83. The van der Waals surface area contributed by atoms with Gasteiger partial charge in [0.15, 0.2) is 5.78 Å². The van der Waals surface area contributed by atoms with Crippen LogP contribution in [-0.4, -0.2) is 5.78 Å². The molecule has 1 aromatic carbocycles. The highest BCUT2D eigenvalue weighted by Gasteiger charge is 2.33. The molecular weight excluding hydrogens is 229 g/mol. The molecule has 0 aliphatic heterocycles. The number of ketones is 1. The molecule has 0 fully saturated rings. The van der Waals surface area contributed by atoms with E-state index >= 15 is 0 Å². The zero-order chi connectivity index (χ0) is 11.8. The minimum absolute atomic E-state index is 0.113. The highest BCUT2D eigenvalue weighted by Crippen LogP contribution is 2.35. The van der Waals surface area contributed by atoms with Crippen LogP contribution in [0.15, 0.2) is 12.1 Å². The van der Waals surface area contributed by atoms with Crippen LogP contribution in [0, 0.1) is 6.92 Å². The van der Waals surface area contributed by atoms with Crippen LogP contribution in [0.4, 0.5) is 13.2 Å². The molecule has 0 aliphatic rings. The van der Waals surface area contributed by atoms with Gasteiger partial charge in [-0.15, -0.1) is 0 Å². The smallest absolute Gasteiger partial charge is 0.294 e. The Bertz CT molecular complexity index is 410. The van der Waals surface area contributed by atoms with E-state index < -0.39 is 11.7 Å². The molecule has 15 heavy (non-hydrogen) atoms. The summed E-state index contributed by atoms with van der Waals surface area (Å²) in [6.07, 6.45) is -4.44. The van der Waals surface area contributed by atoms with Crippen LogP contribution in [0.3, 0.4) is 0 Å². The summed E-state index contributed by atoms with van der Waals surface area (Å²) in [6, 6.07) is 1.97. The van der Waals surface area contributed by atoms with Gasteiger partial charge in [0, 0.05) is 5.56 Å². The predicted molar refractivity (Wildman–Crippen MR) is 51.2 cm³/mol. The highest BCUT2D eigenvalue weighted by atomic mass is 35.5. The van der Waals surface area contributed by atoms with Crippen molar-refractivity contribution in [3.05, 3.63) is 33.8 Å². The van der Waals surface area contributed by atoms with Crippen molar-refractivity contribution in [2.24, 2.45) is 0 Å². The molecule has 0 radical (unpaired) electrons. The van der Waals surface area contributed by atoms with Gasteiger partial charge >= 0.3 is 6.18 Å². The number of rotatable bonds is 1. The Balaban J connectivity index is 3.41. The fraction of sp³-hybridized carbons (Fsp3) is 0.300. The lowest BCUT2D eigenvalue weighted by molar-refractivity contribution is -0.138. The molecule has 0 spiro atoms. The number of carbonyl (C=O) groups is 1. The standard InChI is InChI=1S/C10H8ClF3O/c1-5-8(10(12,13)14)4-3-7(6(2)15)9(5)11/h3-4H,1-2H3. The van der Waals surface area contributed by atoms with E-state index in [0.29, 0.717) is 0 Å². The first kappa shape index (κ1) is 12.0. The molecular formula is C10H8ClF3O. The molecule has 0 heterocycles. The Morgan fingerprint density at radius 1 is 1.33 bits per heavy atom. The van der Waals surface area contributed by atoms with Crippen molar-refractivity contribution in [2.45, 2.75) is 20.0 Å². The van der Waals surface area contributed by atoms with Crippen molar-refractivity contribution in [1.29, 1.82) is 0 Å². The Morgan fingerprint density at radius 2 is 1.87 bits per heavy atom. The van der Waals surface area contributed by atoms with E-state index in [0.717, 1.165) is 12.1 Å². The number of hydrogen-bond donors (Lipinski definition) is 0. The van der Waals surface area contributed by atoms with Gasteiger partial charge in [-0.2, -0.15) is 13.2 Å². The molecule has 0 N–H and O–H groups in total. The molecule has 1 aromatic rings. The van der Waals surface area contributed by atoms with Crippen molar-refractivity contribution in [3.63, 3.8) is 0 Å². The first-order valence-corrected chi connectivity index (χ1v) is 4.50. The first-order chi connectivity index (χ1) is 6.75. The Hall–Kier alpha value is -1.03. The molecule has 5 heteroatoms. The summed E-state index contributed by atoms with van der Waals surface area (Å²) in [7, 11) is 0. The number of carbonyl (C=O) groups excluding carboxylic acids is 1. The van der Waals surface area contributed by atoms with Crippen LogP contribution in [0.1, 0.15) is 28.4 Å². The lowest BCUT2D eigenvalue weighted by Crippen LogP contribution is -2.09. The minimum atomic E-state index is -4.44. The summed E-state index contributed by atoms with van der Waals surface area (Å²) in [5.74, 6) is -0.350. The van der Waals surface area contributed by atoms with Crippen LogP contribution in [0.25, 0.3) is 0 Å². The van der Waals surface area contributed by atoms with Gasteiger partial charge in [0.25, 0.3) is 0 Å². The maximum atomic E-state index is 12.4. The third-order valence-corrected chi connectivity index (χ3v) is 2.56. The summed E-state index contributed by atoms with van der Waals surface area (Å²) in [4.78, 5) is 11.0. The van der Waals surface area contributed by atoms with Gasteiger partial charge in [-0.1, -0.05) is 11.6 Å². The van der Waals surface area contributed by atoms with E-state index in [1.807, 2.05) is 0 Å². The largest absolute Gasteiger partial charge is 0.416 e. The Labute approximate surface area is 89.9 Å². The monoisotopic (exact) mass is 236 g/mol. The van der Waals surface area contributed by atoms with E-state index in [4.69, 9.17) is 11.6 Å². The SMILES string of the molecule is CC(=O)c1ccc(C(F)(F)F)c(C)c1Cl. The van der Waals surface area contributed by atoms with E-state index in [9.17, 15) is 18.0 Å². The number of Topliss-reactive ketones (excluding diaryl/α,β-unsaturated/α-hetero) is 1. The third kappa shape index (κ3) is 2.31. The van der Waals surface area contributed by atoms with Crippen molar-refractivity contribution in [2.75, 3.05) is 0 Å². The van der Waals surface area contributed by atoms with Crippen molar-refractivity contribution < 1.29 is 18.0 Å². The zero-order valence-electron chi connectivity index (χ0n) is 8.07. The average Bonchev–Trinajstić information content (AvgIpc) is 2.06. The number of benzene rings is 1. The molecule has 0 aliphatic carbocycles. The molecule has 0 saturated heterocycles. The normalized spacial score (nSPS) is 11.6. The Kier molecular flexibility index (Phi) is 3.09. The lowest BCUT2D eigenvalue weighted by atomic mass is 10.0. The topological polar surface area (TPSA) is 17.1 Å². The van der Waals surface area contributed by atoms with Gasteiger partial charge in [0.2, 0.25) is 0 Å². The van der Waals surface area contributed by atoms with Gasteiger partial charge in [-0.3, -0.25) is 4.79 Å². The highest BCUT2D eigenvalue weighted by molar-refractivity contribution is 6.34. The van der Waals surface area contributed by atoms with Crippen LogP contribution < -0.4 is 0 Å². The fourth-order valence-electron chi connectivity index (χ4n) is 1.26. The van der Waals surface area contributed by atoms with Gasteiger partial charge in [0.1, 0.15) is 0 Å². The molecule has 1 nitrogen and oxygen atoms in total. The molecule has 1 rings (SSSR count). The van der Waals surface area contributed by atoms with Crippen molar-refractivity contribution in [1.82, 2.24) is 0 Å². The summed E-state index contributed by atoms with van der Waals surface area (Å²) in [6.45, 7) is 2.51. The third-order valence-electron chi connectivity index (χ3n) is 2.07. The molecule has 82 valence electrons. The van der Waals surface area contributed by atoms with Crippen molar-refractivity contribution >= 4 is 17.4 Å². The summed E-state index contributed by atoms with van der Waals surface area (Å²) in [5.41, 5.74) is -0.809. The van der Waals surface area contributed by atoms with Gasteiger partial charge < -0.3 is 0 Å². The van der Waals surface area contributed by atoms with E-state index in [-0.39, 0.29) is 21.9 Å². The van der Waals surface area contributed by atoms with Crippen molar-refractivity contribution in [3.8, 4) is 0 Å². The molecule has 0 aromatic heterocycles. The van der Waals surface area contributed by atoms with Crippen LogP contribution in [-0.2, 0) is 6.18 Å². The van der Waals surface area contributed by atoms with E-state index in [1.54, 1.807) is 0 Å². The Morgan fingerprint density at radius 3 is 2.27 bits per heavy atom. The van der Waals surface area contributed by atoms with Gasteiger partial charge in [0.05, 0.1) is 10.6 Å². The molecule has 0 atom stereocenters. The van der Waals surface area contributed by atoms with E-state index in [1.165, 1.54) is 13.8 Å². The lowest BCUT2D eigenvalue weighted by Gasteiger charge is -2.12. The maximum absolute atomic E-state index is 12.4. The average molecular weight is 237 g/mol. The second kappa shape index (κ2) is 3.85. The van der Waals surface area contributed by atoms with Crippen LogP contribution in [0.5, 0.6) is 0 Å². The van der Waals surface area contributed by atoms with Gasteiger partial charge in [-0.25, -0.2) is 0 Å². The van der Waals surface area contributed by atoms with E-state index in [2.05, 4.69) is 0 Å². The number of halogens is 4. The molecule has 0 unspecified atom stereocenters. The first-order valence-electron chi connectivity index (χ1n) is 4.12. The predicted octanol–water partition coefficient (Wildman–Crippen LogP) is 3.87. The molecule has 0 saturated carbocycles. The summed E-state index contributed by atoms with van der Waals surface area (Å²) >= 11 is 5.68. The summed E-state index contributed by atoms with van der Waals surface area (Å²) < 4.78 is 37.3. The number of alkyl halides is 3. The van der Waals surface area contributed by atoms with Crippen LogP contribution >= 0.6 is 11.6 Å². The van der Waals surface area contributed by atoms with Gasteiger partial charge in [-0.05, 0) is 31.5 Å². The minimum Gasteiger partial charge on any atom is -0.294 e. The molecule has 0 amide bonds. The second-order valence-corrected chi connectivity index (χ2v) is 3.53. The summed E-state index contributed by atoms with van der Waals surface area (Å²) in [5, 5.41) is -0.127. The maximum Gasteiger partial charge on any atom is 0.416 e. The quantitative estimate of drug-likeness (QED) is 0.677.